The molecule has 3 rings (SSSR count). The molecule has 6 heteroatoms. The Balaban J connectivity index is 1.97. The molecule has 0 aliphatic carbocycles. The van der Waals surface area contributed by atoms with Gasteiger partial charge >= 0.3 is 6.18 Å². The van der Waals surface area contributed by atoms with Crippen molar-refractivity contribution in [3.8, 4) is 0 Å². The molecular formula is C19H18F3N3. The van der Waals surface area contributed by atoms with Crippen molar-refractivity contribution in [2.24, 2.45) is 0 Å². The van der Waals surface area contributed by atoms with E-state index in [1.54, 1.807) is 6.92 Å². The maximum Gasteiger partial charge on any atom is 0.451 e. The Hall–Kier alpha value is -2.63. The first-order chi connectivity index (χ1) is 11.8. The van der Waals surface area contributed by atoms with Crippen LogP contribution >= 0.6 is 0 Å². The Morgan fingerprint density at radius 2 is 1.72 bits per heavy atom. The van der Waals surface area contributed by atoms with E-state index >= 15 is 0 Å². The molecule has 0 saturated heterocycles. The molecule has 0 radical (unpaired) electrons. The van der Waals surface area contributed by atoms with Crippen molar-refractivity contribution in [2.45, 2.75) is 26.4 Å². The van der Waals surface area contributed by atoms with E-state index in [1.165, 1.54) is 0 Å². The summed E-state index contributed by atoms with van der Waals surface area (Å²) in [7, 11) is 0. The lowest BCUT2D eigenvalue weighted by atomic mass is 10.1. The van der Waals surface area contributed by atoms with Crippen molar-refractivity contribution in [3.05, 3.63) is 65.0 Å². The Bertz CT molecular complexity index is 890. The quantitative estimate of drug-likeness (QED) is 0.729. The molecule has 0 saturated carbocycles. The fraction of sp³-hybridized carbons (Fsp3) is 0.263. The first kappa shape index (κ1) is 17.2. The summed E-state index contributed by atoms with van der Waals surface area (Å²) in [6.07, 6.45) is -3.89. The number of hydrogen-bond acceptors (Lipinski definition) is 3. The standard InChI is InChI=1S/C19H18F3N3/c1-12-10-13(2)16-15(11-12)17(25-18(24-16)19(20,21)22)23-9-8-14-6-4-3-5-7-14/h3-7,10-11H,8-9H2,1-2H3,(H,23,24,25). The SMILES string of the molecule is Cc1cc(C)c2nc(C(F)(F)F)nc(NCCc3ccccc3)c2c1. The van der Waals surface area contributed by atoms with Gasteiger partial charge in [0.25, 0.3) is 0 Å². The number of anilines is 1. The van der Waals surface area contributed by atoms with Gasteiger partial charge in [0.1, 0.15) is 5.82 Å². The van der Waals surface area contributed by atoms with Gasteiger partial charge in [-0.15, -0.1) is 0 Å². The number of hydrogen-bond donors (Lipinski definition) is 1. The molecule has 1 heterocycles. The number of rotatable bonds is 4. The molecule has 25 heavy (non-hydrogen) atoms. The minimum Gasteiger partial charge on any atom is -0.369 e. The Morgan fingerprint density at radius 3 is 2.40 bits per heavy atom. The Morgan fingerprint density at radius 1 is 1.00 bits per heavy atom. The molecular weight excluding hydrogens is 327 g/mol. The molecule has 2 aromatic carbocycles. The summed E-state index contributed by atoms with van der Waals surface area (Å²) in [5.74, 6) is -0.894. The maximum absolute atomic E-state index is 13.1. The number of benzene rings is 2. The van der Waals surface area contributed by atoms with Crippen LogP contribution in [-0.2, 0) is 12.6 Å². The Kier molecular flexibility index (Phi) is 4.61. The zero-order valence-corrected chi connectivity index (χ0v) is 14.0. The smallest absolute Gasteiger partial charge is 0.369 e. The minimum atomic E-state index is -4.58. The van der Waals surface area contributed by atoms with Crippen molar-refractivity contribution < 1.29 is 13.2 Å². The number of aromatic nitrogens is 2. The summed E-state index contributed by atoms with van der Waals surface area (Å²) in [6, 6.07) is 13.4. The Labute approximate surface area is 143 Å². The third kappa shape index (κ3) is 3.90. The fourth-order valence-corrected chi connectivity index (χ4v) is 2.82. The highest BCUT2D eigenvalue weighted by molar-refractivity contribution is 5.91. The van der Waals surface area contributed by atoms with Crippen LogP contribution in [0.2, 0.25) is 0 Å². The van der Waals surface area contributed by atoms with Gasteiger partial charge < -0.3 is 5.32 Å². The highest BCUT2D eigenvalue weighted by atomic mass is 19.4. The summed E-state index contributed by atoms with van der Waals surface area (Å²) in [6.45, 7) is 4.15. The number of nitrogens with zero attached hydrogens (tertiary/aromatic N) is 2. The molecule has 0 spiro atoms. The third-order valence-corrected chi connectivity index (χ3v) is 3.94. The van der Waals surface area contributed by atoms with Gasteiger partial charge in [-0.05, 0) is 43.0 Å². The molecule has 0 aliphatic rings. The molecule has 3 nitrogen and oxygen atoms in total. The van der Waals surface area contributed by atoms with Gasteiger partial charge in [-0.3, -0.25) is 0 Å². The average Bonchev–Trinajstić information content (AvgIpc) is 2.55. The molecule has 1 N–H and O–H groups in total. The van der Waals surface area contributed by atoms with E-state index in [1.807, 2.05) is 49.4 Å². The van der Waals surface area contributed by atoms with Crippen LogP contribution < -0.4 is 5.32 Å². The minimum absolute atomic E-state index is 0.222. The summed E-state index contributed by atoms with van der Waals surface area (Å²) in [5.41, 5.74) is 3.10. The van der Waals surface area contributed by atoms with E-state index in [0.717, 1.165) is 11.1 Å². The summed E-state index contributed by atoms with van der Waals surface area (Å²) in [4.78, 5) is 7.48. The number of halogens is 3. The van der Waals surface area contributed by atoms with Crippen molar-refractivity contribution in [2.75, 3.05) is 11.9 Å². The number of fused-ring (bicyclic) bond motifs is 1. The van der Waals surface area contributed by atoms with Crippen LogP contribution in [0.3, 0.4) is 0 Å². The largest absolute Gasteiger partial charge is 0.451 e. The zero-order valence-electron chi connectivity index (χ0n) is 14.0. The van der Waals surface area contributed by atoms with Crippen LogP contribution in [0.25, 0.3) is 10.9 Å². The van der Waals surface area contributed by atoms with Gasteiger partial charge in [-0.2, -0.15) is 13.2 Å². The van der Waals surface area contributed by atoms with E-state index < -0.39 is 12.0 Å². The first-order valence-electron chi connectivity index (χ1n) is 7.98. The second-order valence-corrected chi connectivity index (χ2v) is 6.03. The van der Waals surface area contributed by atoms with Gasteiger partial charge in [-0.25, -0.2) is 9.97 Å². The molecule has 130 valence electrons. The van der Waals surface area contributed by atoms with E-state index in [-0.39, 0.29) is 5.82 Å². The van der Waals surface area contributed by atoms with Crippen LogP contribution in [0.5, 0.6) is 0 Å². The van der Waals surface area contributed by atoms with Gasteiger partial charge in [0.05, 0.1) is 5.52 Å². The van der Waals surface area contributed by atoms with Gasteiger partial charge in [0.2, 0.25) is 5.82 Å². The highest BCUT2D eigenvalue weighted by Crippen LogP contribution is 2.32. The molecule has 0 amide bonds. The number of nitrogens with one attached hydrogen (secondary N) is 1. The van der Waals surface area contributed by atoms with E-state index in [9.17, 15) is 13.2 Å². The van der Waals surface area contributed by atoms with Crippen molar-refractivity contribution in [1.82, 2.24) is 9.97 Å². The normalized spacial score (nSPS) is 11.7. The molecule has 0 fully saturated rings. The topological polar surface area (TPSA) is 37.8 Å². The van der Waals surface area contributed by atoms with Crippen molar-refractivity contribution in [3.63, 3.8) is 0 Å². The highest BCUT2D eigenvalue weighted by Gasteiger charge is 2.35. The molecule has 0 atom stereocenters. The van der Waals surface area contributed by atoms with Crippen LogP contribution in [-0.4, -0.2) is 16.5 Å². The van der Waals surface area contributed by atoms with Crippen LogP contribution in [0.1, 0.15) is 22.5 Å². The molecule has 0 unspecified atom stereocenters. The zero-order chi connectivity index (χ0) is 18.0. The van der Waals surface area contributed by atoms with E-state index in [0.29, 0.717) is 29.4 Å². The van der Waals surface area contributed by atoms with Gasteiger partial charge in [0, 0.05) is 11.9 Å². The lowest BCUT2D eigenvalue weighted by Gasteiger charge is -2.14. The third-order valence-electron chi connectivity index (χ3n) is 3.94. The van der Waals surface area contributed by atoms with E-state index in [2.05, 4.69) is 15.3 Å². The van der Waals surface area contributed by atoms with Gasteiger partial charge in [0.15, 0.2) is 0 Å². The fourth-order valence-electron chi connectivity index (χ4n) is 2.82. The van der Waals surface area contributed by atoms with Crippen LogP contribution in [0.4, 0.5) is 19.0 Å². The number of alkyl halides is 3. The predicted octanol–water partition coefficient (Wildman–Crippen LogP) is 4.92. The summed E-state index contributed by atoms with van der Waals surface area (Å²) in [5, 5.41) is 3.66. The second kappa shape index (κ2) is 6.70. The van der Waals surface area contributed by atoms with Crippen molar-refractivity contribution >= 4 is 16.7 Å². The maximum atomic E-state index is 13.1. The summed E-state index contributed by atoms with van der Waals surface area (Å²) >= 11 is 0. The molecule has 0 bridgehead atoms. The molecule has 3 aromatic rings. The van der Waals surface area contributed by atoms with Crippen molar-refractivity contribution in [1.29, 1.82) is 0 Å². The van der Waals surface area contributed by atoms with E-state index in [4.69, 9.17) is 0 Å². The predicted molar refractivity (Wildman–Crippen MR) is 92.6 cm³/mol. The molecule has 0 aliphatic heterocycles. The first-order valence-corrected chi connectivity index (χ1v) is 7.98. The number of aryl methyl sites for hydroxylation is 2. The van der Waals surface area contributed by atoms with Gasteiger partial charge in [-0.1, -0.05) is 36.4 Å². The van der Waals surface area contributed by atoms with Crippen LogP contribution in [0.15, 0.2) is 42.5 Å². The summed E-state index contributed by atoms with van der Waals surface area (Å²) < 4.78 is 39.4. The lowest BCUT2D eigenvalue weighted by molar-refractivity contribution is -0.144. The molecule has 1 aromatic heterocycles. The second-order valence-electron chi connectivity index (χ2n) is 6.03. The monoisotopic (exact) mass is 345 g/mol. The average molecular weight is 345 g/mol. The lowest BCUT2D eigenvalue weighted by Crippen LogP contribution is -2.15. The van der Waals surface area contributed by atoms with Crippen LogP contribution in [0, 0.1) is 13.8 Å².